The maximum atomic E-state index is 13.3. The van der Waals surface area contributed by atoms with Gasteiger partial charge in [-0.25, -0.2) is 0 Å². The summed E-state index contributed by atoms with van der Waals surface area (Å²) in [6.45, 7) is 4.23. The molecule has 0 aliphatic heterocycles. The van der Waals surface area contributed by atoms with E-state index in [1.165, 1.54) is 0 Å². The van der Waals surface area contributed by atoms with Crippen LogP contribution in [0.25, 0.3) is 0 Å². The van der Waals surface area contributed by atoms with Gasteiger partial charge in [0.2, 0.25) is 5.91 Å². The number of benzene rings is 2. The third-order valence-corrected chi connectivity index (χ3v) is 4.26. The maximum Gasteiger partial charge on any atom is 0.235 e. The molecule has 0 bridgehead atoms. The van der Waals surface area contributed by atoms with E-state index in [1.807, 2.05) is 36.4 Å². The van der Waals surface area contributed by atoms with Gasteiger partial charge in [0, 0.05) is 12.1 Å². The number of carbonyl (C=O) groups is 1. The summed E-state index contributed by atoms with van der Waals surface area (Å²) in [5.74, 6) is 0.0281. The number of hydrogen-bond donors (Lipinski definition) is 0. The molecule has 0 atom stereocenters. The Labute approximate surface area is 132 Å². The summed E-state index contributed by atoms with van der Waals surface area (Å²) in [5.41, 5.74) is 2.15. The van der Waals surface area contributed by atoms with Crippen molar-refractivity contribution < 1.29 is 4.79 Å². The van der Waals surface area contributed by atoms with Crippen LogP contribution in [0.15, 0.2) is 60.7 Å². The van der Waals surface area contributed by atoms with Gasteiger partial charge in [-0.15, -0.1) is 0 Å². The Balaban J connectivity index is 2.00. The molecule has 0 saturated heterocycles. The van der Waals surface area contributed by atoms with Crippen LogP contribution in [0.3, 0.4) is 0 Å². The monoisotopic (exact) mass is 293 g/mol. The average Bonchev–Trinajstić information content (AvgIpc) is 3.34. The molecule has 0 radical (unpaired) electrons. The van der Waals surface area contributed by atoms with E-state index in [0.717, 1.165) is 24.0 Å². The molecule has 1 fully saturated rings. The van der Waals surface area contributed by atoms with Gasteiger partial charge >= 0.3 is 0 Å². The first kappa shape index (κ1) is 14.8. The Kier molecular flexibility index (Phi) is 4.28. The molecule has 3 rings (SSSR count). The van der Waals surface area contributed by atoms with Crippen molar-refractivity contribution in [3.05, 3.63) is 71.8 Å². The Bertz CT molecular complexity index is 575. The fourth-order valence-electron chi connectivity index (χ4n) is 3.13. The molecule has 0 spiro atoms. The Morgan fingerprint density at radius 2 is 1.36 bits per heavy atom. The van der Waals surface area contributed by atoms with Gasteiger partial charge in [-0.1, -0.05) is 60.7 Å². The minimum absolute atomic E-state index is 0.203. The van der Waals surface area contributed by atoms with Crippen molar-refractivity contribution in [3.8, 4) is 0 Å². The molecule has 0 aromatic heterocycles. The van der Waals surface area contributed by atoms with E-state index in [-0.39, 0.29) is 17.9 Å². The third-order valence-electron chi connectivity index (χ3n) is 4.26. The van der Waals surface area contributed by atoms with Crippen molar-refractivity contribution >= 4 is 5.91 Å². The van der Waals surface area contributed by atoms with Crippen LogP contribution in [0.2, 0.25) is 0 Å². The van der Waals surface area contributed by atoms with E-state index in [2.05, 4.69) is 43.0 Å². The number of rotatable bonds is 5. The topological polar surface area (TPSA) is 20.3 Å². The van der Waals surface area contributed by atoms with Crippen molar-refractivity contribution in [1.82, 2.24) is 4.90 Å². The highest BCUT2D eigenvalue weighted by Crippen LogP contribution is 2.34. The smallest absolute Gasteiger partial charge is 0.235 e. The van der Waals surface area contributed by atoms with E-state index in [4.69, 9.17) is 0 Å². The van der Waals surface area contributed by atoms with E-state index < -0.39 is 0 Å². The second-order valence-corrected chi connectivity index (χ2v) is 6.32. The summed E-state index contributed by atoms with van der Waals surface area (Å²) in [5, 5.41) is 0. The van der Waals surface area contributed by atoms with Gasteiger partial charge in [0.25, 0.3) is 0 Å². The molecule has 1 aliphatic carbocycles. The van der Waals surface area contributed by atoms with E-state index >= 15 is 0 Å². The molecule has 22 heavy (non-hydrogen) atoms. The zero-order valence-corrected chi connectivity index (χ0v) is 13.3. The minimum atomic E-state index is -0.203. The van der Waals surface area contributed by atoms with Crippen LogP contribution in [0, 0.1) is 0 Å². The van der Waals surface area contributed by atoms with Gasteiger partial charge in [-0.2, -0.15) is 0 Å². The molecule has 2 aromatic carbocycles. The Hall–Kier alpha value is -2.09. The fourth-order valence-corrected chi connectivity index (χ4v) is 3.13. The molecule has 1 saturated carbocycles. The lowest BCUT2D eigenvalue weighted by Crippen LogP contribution is -2.42. The van der Waals surface area contributed by atoms with Gasteiger partial charge in [-0.3, -0.25) is 4.79 Å². The lowest BCUT2D eigenvalue weighted by Gasteiger charge is -2.31. The molecule has 0 unspecified atom stereocenters. The van der Waals surface area contributed by atoms with Crippen LogP contribution in [0.4, 0.5) is 0 Å². The highest BCUT2D eigenvalue weighted by molar-refractivity contribution is 5.88. The molecule has 114 valence electrons. The van der Waals surface area contributed by atoms with Crippen LogP contribution in [-0.2, 0) is 4.79 Å². The predicted octanol–water partition coefficient (Wildman–Crippen LogP) is 4.22. The molecule has 2 heteroatoms. The normalized spacial score (nSPS) is 14.4. The molecular formula is C20H23NO. The molecule has 2 nitrogen and oxygen atoms in total. The van der Waals surface area contributed by atoms with Crippen molar-refractivity contribution in [2.75, 3.05) is 0 Å². The van der Waals surface area contributed by atoms with E-state index in [1.54, 1.807) is 0 Å². The number of hydrogen-bond acceptors (Lipinski definition) is 1. The Morgan fingerprint density at radius 1 is 0.909 bits per heavy atom. The van der Waals surface area contributed by atoms with E-state index in [0.29, 0.717) is 6.04 Å². The van der Waals surface area contributed by atoms with Crippen LogP contribution >= 0.6 is 0 Å². The SMILES string of the molecule is CC(C)N(C(=O)C(c1ccccc1)c1ccccc1)C1CC1. The quantitative estimate of drug-likeness (QED) is 0.808. The maximum absolute atomic E-state index is 13.3. The van der Waals surface area contributed by atoms with Crippen LogP contribution in [0.5, 0.6) is 0 Å². The van der Waals surface area contributed by atoms with Crippen molar-refractivity contribution in [2.45, 2.75) is 44.7 Å². The first-order valence-corrected chi connectivity index (χ1v) is 8.10. The highest BCUT2D eigenvalue weighted by Gasteiger charge is 2.38. The highest BCUT2D eigenvalue weighted by atomic mass is 16.2. The average molecular weight is 293 g/mol. The van der Waals surface area contributed by atoms with Gasteiger partial charge in [0.15, 0.2) is 0 Å². The zero-order valence-electron chi connectivity index (χ0n) is 13.3. The Morgan fingerprint density at radius 3 is 1.73 bits per heavy atom. The van der Waals surface area contributed by atoms with Gasteiger partial charge in [0.05, 0.1) is 5.92 Å². The lowest BCUT2D eigenvalue weighted by molar-refractivity contribution is -0.134. The molecule has 1 amide bonds. The molecule has 0 heterocycles. The summed E-state index contributed by atoms with van der Waals surface area (Å²) < 4.78 is 0. The van der Waals surface area contributed by atoms with Crippen LogP contribution < -0.4 is 0 Å². The first-order chi connectivity index (χ1) is 10.7. The largest absolute Gasteiger partial charge is 0.336 e. The molecule has 1 aliphatic rings. The first-order valence-electron chi connectivity index (χ1n) is 8.10. The third kappa shape index (κ3) is 3.06. The number of carbonyl (C=O) groups excluding carboxylic acids is 1. The number of amides is 1. The van der Waals surface area contributed by atoms with Crippen molar-refractivity contribution in [1.29, 1.82) is 0 Å². The fraction of sp³-hybridized carbons (Fsp3) is 0.350. The van der Waals surface area contributed by atoms with Crippen LogP contribution in [-0.4, -0.2) is 22.9 Å². The number of nitrogens with zero attached hydrogens (tertiary/aromatic N) is 1. The van der Waals surface area contributed by atoms with Gasteiger partial charge < -0.3 is 4.90 Å². The summed E-state index contributed by atoms with van der Waals surface area (Å²) in [6.07, 6.45) is 2.28. The minimum Gasteiger partial charge on any atom is -0.336 e. The van der Waals surface area contributed by atoms with Gasteiger partial charge in [0.1, 0.15) is 0 Å². The predicted molar refractivity (Wildman–Crippen MR) is 89.7 cm³/mol. The van der Waals surface area contributed by atoms with E-state index in [9.17, 15) is 4.79 Å². The lowest BCUT2D eigenvalue weighted by atomic mass is 9.89. The standard InChI is InChI=1S/C20H23NO/c1-15(2)21(18-13-14-18)20(22)19(16-9-5-3-6-10-16)17-11-7-4-8-12-17/h3-12,15,18-19H,13-14H2,1-2H3. The van der Waals surface area contributed by atoms with Crippen molar-refractivity contribution in [2.24, 2.45) is 0 Å². The molecule has 2 aromatic rings. The summed E-state index contributed by atoms with van der Waals surface area (Å²) in [6, 6.07) is 20.9. The molecular weight excluding hydrogens is 270 g/mol. The summed E-state index contributed by atoms with van der Waals surface area (Å²) in [7, 11) is 0. The zero-order chi connectivity index (χ0) is 15.5. The summed E-state index contributed by atoms with van der Waals surface area (Å²) >= 11 is 0. The summed E-state index contributed by atoms with van der Waals surface area (Å²) in [4.78, 5) is 15.4. The van der Waals surface area contributed by atoms with Crippen molar-refractivity contribution in [3.63, 3.8) is 0 Å². The second-order valence-electron chi connectivity index (χ2n) is 6.32. The van der Waals surface area contributed by atoms with Gasteiger partial charge in [-0.05, 0) is 37.8 Å². The second kappa shape index (κ2) is 6.35. The van der Waals surface area contributed by atoms with Crippen LogP contribution in [0.1, 0.15) is 43.7 Å². The molecule has 0 N–H and O–H groups in total.